The first-order valence-corrected chi connectivity index (χ1v) is 7.16. The molecule has 0 N–H and O–H groups in total. The molecule has 0 fully saturated rings. The normalized spacial score (nSPS) is 12.0. The smallest absolute Gasteiger partial charge is 0.225 e. The summed E-state index contributed by atoms with van der Waals surface area (Å²) < 4.78 is 24.4. The number of hydrogen-bond donors (Lipinski definition) is 0. The maximum Gasteiger partial charge on any atom is 0.225 e. The molecule has 4 heteroatoms. The molecular formula is C18H16FNO2. The quantitative estimate of drug-likeness (QED) is 0.718. The third-order valence-electron chi connectivity index (χ3n) is 3.25. The van der Waals surface area contributed by atoms with E-state index >= 15 is 0 Å². The zero-order valence-corrected chi connectivity index (χ0v) is 12.3. The van der Waals surface area contributed by atoms with Crippen LogP contribution < -0.4 is 5.55 Å². The summed E-state index contributed by atoms with van der Waals surface area (Å²) in [6.45, 7) is 2.97. The van der Waals surface area contributed by atoms with Crippen LogP contribution in [0.15, 0.2) is 64.0 Å². The van der Waals surface area contributed by atoms with Gasteiger partial charge < -0.3 is 9.15 Å². The van der Waals surface area contributed by atoms with Gasteiger partial charge in [-0.25, -0.2) is 9.38 Å². The van der Waals surface area contributed by atoms with Crippen molar-refractivity contribution in [1.82, 2.24) is 0 Å². The van der Waals surface area contributed by atoms with Crippen molar-refractivity contribution in [2.45, 2.75) is 13.5 Å². The molecule has 0 unspecified atom stereocenters. The fourth-order valence-corrected chi connectivity index (χ4v) is 2.15. The Kier molecular flexibility index (Phi) is 4.30. The van der Waals surface area contributed by atoms with Gasteiger partial charge in [0.05, 0.1) is 12.3 Å². The Morgan fingerprint density at radius 1 is 1.09 bits per heavy atom. The molecule has 1 heterocycles. The Labute approximate surface area is 127 Å². The predicted octanol–water partition coefficient (Wildman–Crippen LogP) is 4.34. The number of hydrogen-bond acceptors (Lipinski definition) is 3. The molecule has 0 aliphatic heterocycles. The molecule has 0 radical (unpaired) electrons. The third-order valence-corrected chi connectivity index (χ3v) is 3.25. The van der Waals surface area contributed by atoms with Gasteiger partial charge in [-0.15, -0.1) is 0 Å². The van der Waals surface area contributed by atoms with Crippen LogP contribution in [0, 0.1) is 5.82 Å². The summed E-state index contributed by atoms with van der Waals surface area (Å²) in [5, 5.41) is 0.996. The minimum absolute atomic E-state index is 0.288. The summed E-state index contributed by atoms with van der Waals surface area (Å²) in [5.41, 5.74) is 2.74. The first-order chi connectivity index (χ1) is 10.8. The zero-order valence-electron chi connectivity index (χ0n) is 12.3. The van der Waals surface area contributed by atoms with E-state index in [1.54, 1.807) is 12.1 Å². The second-order valence-electron chi connectivity index (χ2n) is 4.84. The van der Waals surface area contributed by atoms with E-state index in [1.807, 2.05) is 37.3 Å². The highest BCUT2D eigenvalue weighted by Crippen LogP contribution is 2.16. The lowest BCUT2D eigenvalue weighted by Crippen LogP contribution is -2.10. The summed E-state index contributed by atoms with van der Waals surface area (Å²) in [7, 11) is 0. The minimum atomic E-state index is -0.288. The van der Waals surface area contributed by atoms with E-state index in [0.29, 0.717) is 24.5 Å². The van der Waals surface area contributed by atoms with Gasteiger partial charge in [-0.05, 0) is 43.3 Å². The second-order valence-corrected chi connectivity index (χ2v) is 4.84. The van der Waals surface area contributed by atoms with Crippen LogP contribution in [0.1, 0.15) is 12.5 Å². The van der Waals surface area contributed by atoms with Crippen molar-refractivity contribution >= 4 is 16.7 Å². The molecule has 0 saturated carbocycles. The van der Waals surface area contributed by atoms with Gasteiger partial charge in [-0.2, -0.15) is 0 Å². The molecule has 22 heavy (non-hydrogen) atoms. The van der Waals surface area contributed by atoms with Crippen LogP contribution >= 0.6 is 0 Å². The van der Waals surface area contributed by atoms with E-state index in [0.717, 1.165) is 16.5 Å². The van der Waals surface area contributed by atoms with E-state index in [2.05, 4.69) is 4.99 Å². The standard InChI is InChI=1S/C18H16FNO2/c1-2-21-12-14-11-13-5-3-4-6-17(13)22-18(14)20-16-9-7-15(19)8-10-16/h3-11H,2,12H2,1H3. The summed E-state index contributed by atoms with van der Waals surface area (Å²) in [6, 6.07) is 15.7. The third kappa shape index (κ3) is 3.23. The van der Waals surface area contributed by atoms with Gasteiger partial charge in [0.1, 0.15) is 11.4 Å². The Morgan fingerprint density at radius 2 is 1.86 bits per heavy atom. The average molecular weight is 297 g/mol. The van der Waals surface area contributed by atoms with Crippen molar-refractivity contribution in [2.24, 2.45) is 4.99 Å². The number of ether oxygens (including phenoxy) is 1. The molecule has 1 aromatic heterocycles. The van der Waals surface area contributed by atoms with E-state index < -0.39 is 0 Å². The largest absolute Gasteiger partial charge is 0.438 e. The summed E-state index contributed by atoms with van der Waals surface area (Å²) in [6.07, 6.45) is 0. The van der Waals surface area contributed by atoms with Gasteiger partial charge in [0.2, 0.25) is 5.55 Å². The number of fused-ring (bicyclic) bond motifs is 1. The molecule has 3 rings (SSSR count). The van der Waals surface area contributed by atoms with Crippen LogP contribution in [0.5, 0.6) is 0 Å². The lowest BCUT2D eigenvalue weighted by atomic mass is 10.2. The zero-order chi connectivity index (χ0) is 15.4. The molecule has 0 atom stereocenters. The van der Waals surface area contributed by atoms with Crippen LogP contribution in [0.25, 0.3) is 11.0 Å². The maximum absolute atomic E-state index is 13.0. The van der Waals surface area contributed by atoms with E-state index in [4.69, 9.17) is 9.15 Å². The highest BCUT2D eigenvalue weighted by Gasteiger charge is 2.04. The molecule has 2 aromatic carbocycles. The van der Waals surface area contributed by atoms with Gasteiger partial charge in [0.25, 0.3) is 0 Å². The minimum Gasteiger partial charge on any atom is -0.438 e. The van der Waals surface area contributed by atoms with Crippen molar-refractivity contribution in [1.29, 1.82) is 0 Å². The molecule has 0 aliphatic rings. The van der Waals surface area contributed by atoms with Crippen molar-refractivity contribution in [3.8, 4) is 0 Å². The molecule has 0 spiro atoms. The first kappa shape index (κ1) is 14.5. The second kappa shape index (κ2) is 6.54. The van der Waals surface area contributed by atoms with Crippen LogP contribution in [-0.4, -0.2) is 6.61 Å². The molecule has 112 valence electrons. The summed E-state index contributed by atoms with van der Waals surface area (Å²) >= 11 is 0. The van der Waals surface area contributed by atoms with Gasteiger partial charge in [0.15, 0.2) is 0 Å². The Morgan fingerprint density at radius 3 is 2.64 bits per heavy atom. The SMILES string of the molecule is CCOCc1cc2ccccc2oc1=Nc1ccc(F)cc1. The summed E-state index contributed by atoms with van der Waals surface area (Å²) in [5.74, 6) is -0.288. The molecule has 3 nitrogen and oxygen atoms in total. The van der Waals surface area contributed by atoms with Crippen LogP contribution in [-0.2, 0) is 11.3 Å². The topological polar surface area (TPSA) is 34.7 Å². The first-order valence-electron chi connectivity index (χ1n) is 7.16. The van der Waals surface area contributed by atoms with E-state index in [9.17, 15) is 4.39 Å². The summed E-state index contributed by atoms with van der Waals surface area (Å²) in [4.78, 5) is 4.47. The highest BCUT2D eigenvalue weighted by atomic mass is 19.1. The van der Waals surface area contributed by atoms with E-state index in [-0.39, 0.29) is 5.82 Å². The Bertz CT molecular complexity index is 838. The van der Waals surface area contributed by atoms with Crippen molar-refractivity contribution < 1.29 is 13.5 Å². The van der Waals surface area contributed by atoms with Crippen LogP contribution in [0.2, 0.25) is 0 Å². The lowest BCUT2D eigenvalue weighted by molar-refractivity contribution is 0.131. The number of para-hydroxylation sites is 1. The van der Waals surface area contributed by atoms with Gasteiger partial charge in [0, 0.05) is 17.6 Å². The van der Waals surface area contributed by atoms with Gasteiger partial charge >= 0.3 is 0 Å². The van der Waals surface area contributed by atoms with Crippen LogP contribution in [0.4, 0.5) is 10.1 Å². The highest BCUT2D eigenvalue weighted by molar-refractivity contribution is 5.76. The number of benzene rings is 2. The maximum atomic E-state index is 13.0. The molecule has 3 aromatic rings. The number of nitrogens with zero attached hydrogens (tertiary/aromatic N) is 1. The fraction of sp³-hybridized carbons (Fsp3) is 0.167. The fourth-order valence-electron chi connectivity index (χ4n) is 2.15. The number of rotatable bonds is 4. The van der Waals surface area contributed by atoms with Gasteiger partial charge in [-0.3, -0.25) is 0 Å². The van der Waals surface area contributed by atoms with Crippen molar-refractivity contribution in [3.05, 3.63) is 71.5 Å². The molecule has 0 aliphatic carbocycles. The predicted molar refractivity (Wildman–Crippen MR) is 83.2 cm³/mol. The van der Waals surface area contributed by atoms with Crippen LogP contribution in [0.3, 0.4) is 0 Å². The molecular weight excluding hydrogens is 281 g/mol. The monoisotopic (exact) mass is 297 g/mol. The van der Waals surface area contributed by atoms with Gasteiger partial charge in [-0.1, -0.05) is 18.2 Å². The molecule has 0 amide bonds. The van der Waals surface area contributed by atoms with Crippen molar-refractivity contribution in [2.75, 3.05) is 6.61 Å². The number of halogens is 1. The molecule has 0 saturated heterocycles. The average Bonchev–Trinajstić information content (AvgIpc) is 2.55. The Balaban J connectivity index is 2.14. The van der Waals surface area contributed by atoms with E-state index in [1.165, 1.54) is 12.1 Å². The Hall–Kier alpha value is -2.46. The molecule has 0 bridgehead atoms. The van der Waals surface area contributed by atoms with Crippen molar-refractivity contribution in [3.63, 3.8) is 0 Å². The lowest BCUT2D eigenvalue weighted by Gasteiger charge is -2.05.